The average molecular weight is 267 g/mol. The lowest BCUT2D eigenvalue weighted by Crippen LogP contribution is -2.15. The summed E-state index contributed by atoms with van der Waals surface area (Å²) >= 11 is 0. The Balaban J connectivity index is 2.24. The number of hydrogen-bond acceptors (Lipinski definition) is 4. The minimum absolute atomic E-state index is 0.211. The zero-order valence-electron chi connectivity index (χ0n) is 10.6. The van der Waals surface area contributed by atoms with Crippen molar-refractivity contribution in [2.24, 2.45) is 5.73 Å². The molecular formula is C14H13N5O. The first-order valence-electron chi connectivity index (χ1n) is 5.99. The third-order valence-corrected chi connectivity index (χ3v) is 3.22. The Bertz CT molecular complexity index is 822. The quantitative estimate of drug-likeness (QED) is 0.607. The molecule has 3 rings (SSSR count). The Morgan fingerprint density at radius 3 is 2.65 bits per heavy atom. The molecule has 0 spiro atoms. The number of aromatic nitrogens is 2. The van der Waals surface area contributed by atoms with Gasteiger partial charge in [0.25, 0.3) is 5.91 Å². The number of nitrogens with two attached hydrogens (primary N) is 3. The van der Waals surface area contributed by atoms with Crippen molar-refractivity contribution < 1.29 is 4.79 Å². The van der Waals surface area contributed by atoms with Crippen LogP contribution in [0.3, 0.4) is 0 Å². The fraction of sp³-hybridized carbons (Fsp3) is 0. The van der Waals surface area contributed by atoms with Crippen molar-refractivity contribution in [2.75, 3.05) is 11.5 Å². The first-order valence-corrected chi connectivity index (χ1v) is 5.99. The second-order valence-corrected chi connectivity index (χ2v) is 4.48. The minimum atomic E-state index is -0.598. The minimum Gasteiger partial charge on any atom is -0.398 e. The summed E-state index contributed by atoms with van der Waals surface area (Å²) in [5, 5.41) is 4.13. The highest BCUT2D eigenvalue weighted by molar-refractivity contribution is 6.01. The molecular weight excluding hydrogens is 254 g/mol. The van der Waals surface area contributed by atoms with E-state index in [1.807, 2.05) is 36.5 Å². The molecule has 0 aliphatic carbocycles. The van der Waals surface area contributed by atoms with Gasteiger partial charge < -0.3 is 17.2 Å². The van der Waals surface area contributed by atoms with Gasteiger partial charge in [0.05, 0.1) is 23.0 Å². The van der Waals surface area contributed by atoms with Gasteiger partial charge in [0.1, 0.15) is 0 Å². The van der Waals surface area contributed by atoms with Crippen LogP contribution in [0.5, 0.6) is 0 Å². The van der Waals surface area contributed by atoms with Crippen molar-refractivity contribution in [3.63, 3.8) is 0 Å². The lowest BCUT2D eigenvalue weighted by molar-refractivity contribution is 0.100. The second-order valence-electron chi connectivity index (χ2n) is 4.48. The van der Waals surface area contributed by atoms with Gasteiger partial charge in [-0.15, -0.1) is 0 Å². The molecule has 20 heavy (non-hydrogen) atoms. The number of benzene rings is 1. The average Bonchev–Trinajstić information content (AvgIpc) is 2.84. The number of nitrogen functional groups attached to an aromatic ring is 2. The molecule has 0 fully saturated rings. The molecule has 6 N–H and O–H groups in total. The van der Waals surface area contributed by atoms with Crippen LogP contribution < -0.4 is 17.2 Å². The molecule has 2 heterocycles. The standard InChI is InChI=1S/C14H13N5O/c15-11-4-2-1-3-9(11)8-5-12-13(16)10(14(17)20)6-18-19(12)7-8/h1-7H,15-16H2,(H2,17,20). The maximum absolute atomic E-state index is 11.3. The molecule has 1 aromatic carbocycles. The molecule has 0 bridgehead atoms. The van der Waals surface area contributed by atoms with E-state index >= 15 is 0 Å². The van der Waals surface area contributed by atoms with Crippen LogP contribution in [0.4, 0.5) is 11.4 Å². The molecule has 3 aromatic rings. The lowest BCUT2D eigenvalue weighted by atomic mass is 10.1. The van der Waals surface area contributed by atoms with Gasteiger partial charge in [-0.1, -0.05) is 18.2 Å². The maximum Gasteiger partial charge on any atom is 0.252 e. The van der Waals surface area contributed by atoms with Gasteiger partial charge in [-0.05, 0) is 12.1 Å². The number of fused-ring (bicyclic) bond motifs is 1. The highest BCUT2D eigenvalue weighted by atomic mass is 16.1. The predicted octanol–water partition coefficient (Wildman–Crippen LogP) is 1.26. The Hall–Kier alpha value is -3.02. The van der Waals surface area contributed by atoms with E-state index in [0.717, 1.165) is 11.1 Å². The molecule has 0 saturated carbocycles. The number of carbonyl (C=O) groups is 1. The third kappa shape index (κ3) is 1.74. The highest BCUT2D eigenvalue weighted by Crippen LogP contribution is 2.29. The summed E-state index contributed by atoms with van der Waals surface area (Å²) in [5.74, 6) is -0.598. The van der Waals surface area contributed by atoms with Gasteiger partial charge in [0.15, 0.2) is 0 Å². The van der Waals surface area contributed by atoms with Crippen molar-refractivity contribution in [3.05, 3.63) is 48.3 Å². The van der Waals surface area contributed by atoms with Gasteiger partial charge in [0, 0.05) is 23.0 Å². The number of primary amides is 1. The predicted molar refractivity (Wildman–Crippen MR) is 78.0 cm³/mol. The molecule has 1 amide bonds. The van der Waals surface area contributed by atoms with Crippen LogP contribution in [-0.2, 0) is 0 Å². The number of amides is 1. The Kier molecular flexibility index (Phi) is 2.57. The van der Waals surface area contributed by atoms with E-state index in [9.17, 15) is 4.79 Å². The van der Waals surface area contributed by atoms with E-state index in [0.29, 0.717) is 16.9 Å². The topological polar surface area (TPSA) is 112 Å². The zero-order chi connectivity index (χ0) is 14.3. The van der Waals surface area contributed by atoms with Crippen molar-refractivity contribution in [1.82, 2.24) is 9.61 Å². The molecule has 2 aromatic heterocycles. The molecule has 0 aliphatic heterocycles. The summed E-state index contributed by atoms with van der Waals surface area (Å²) in [7, 11) is 0. The number of anilines is 2. The molecule has 100 valence electrons. The van der Waals surface area contributed by atoms with Crippen LogP contribution in [0.1, 0.15) is 10.4 Å². The van der Waals surface area contributed by atoms with Crippen LogP contribution in [0, 0.1) is 0 Å². The smallest absolute Gasteiger partial charge is 0.252 e. The van der Waals surface area contributed by atoms with Gasteiger partial charge >= 0.3 is 0 Å². The number of carbonyl (C=O) groups excluding carboxylic acids is 1. The fourth-order valence-corrected chi connectivity index (χ4v) is 2.18. The van der Waals surface area contributed by atoms with E-state index in [2.05, 4.69) is 5.10 Å². The molecule has 6 heteroatoms. The normalized spacial score (nSPS) is 10.8. The van der Waals surface area contributed by atoms with Crippen molar-refractivity contribution in [1.29, 1.82) is 0 Å². The lowest BCUT2D eigenvalue weighted by Gasteiger charge is -2.02. The molecule has 0 aliphatic rings. The number of nitrogens with zero attached hydrogens (tertiary/aromatic N) is 2. The van der Waals surface area contributed by atoms with E-state index in [4.69, 9.17) is 17.2 Å². The van der Waals surface area contributed by atoms with Crippen molar-refractivity contribution in [3.8, 4) is 11.1 Å². The molecule has 6 nitrogen and oxygen atoms in total. The number of para-hydroxylation sites is 1. The molecule has 0 unspecified atom stereocenters. The van der Waals surface area contributed by atoms with Crippen LogP contribution in [0.15, 0.2) is 42.7 Å². The van der Waals surface area contributed by atoms with Crippen LogP contribution in [0.2, 0.25) is 0 Å². The third-order valence-electron chi connectivity index (χ3n) is 3.22. The Morgan fingerprint density at radius 2 is 1.95 bits per heavy atom. The first kappa shape index (κ1) is 12.0. The molecule has 0 saturated heterocycles. The van der Waals surface area contributed by atoms with Crippen LogP contribution >= 0.6 is 0 Å². The highest BCUT2D eigenvalue weighted by Gasteiger charge is 2.13. The van der Waals surface area contributed by atoms with Gasteiger partial charge in [-0.25, -0.2) is 4.52 Å². The largest absolute Gasteiger partial charge is 0.398 e. The first-order chi connectivity index (χ1) is 9.58. The van der Waals surface area contributed by atoms with E-state index in [-0.39, 0.29) is 5.56 Å². The fourth-order valence-electron chi connectivity index (χ4n) is 2.18. The summed E-state index contributed by atoms with van der Waals surface area (Å²) in [6, 6.07) is 9.34. The molecule has 0 radical (unpaired) electrons. The summed E-state index contributed by atoms with van der Waals surface area (Å²) in [6.07, 6.45) is 3.17. The maximum atomic E-state index is 11.3. The van der Waals surface area contributed by atoms with Gasteiger partial charge in [0.2, 0.25) is 0 Å². The van der Waals surface area contributed by atoms with Crippen molar-refractivity contribution >= 4 is 22.8 Å². The van der Waals surface area contributed by atoms with Crippen LogP contribution in [-0.4, -0.2) is 15.5 Å². The number of rotatable bonds is 2. The summed E-state index contributed by atoms with van der Waals surface area (Å²) < 4.78 is 1.60. The van der Waals surface area contributed by atoms with Crippen molar-refractivity contribution in [2.45, 2.75) is 0 Å². The summed E-state index contributed by atoms with van der Waals surface area (Å²) in [5.41, 5.74) is 20.8. The van der Waals surface area contributed by atoms with E-state index < -0.39 is 5.91 Å². The second kappa shape index (κ2) is 4.27. The van der Waals surface area contributed by atoms with E-state index in [1.54, 1.807) is 4.52 Å². The summed E-state index contributed by atoms with van der Waals surface area (Å²) in [6.45, 7) is 0. The zero-order valence-corrected chi connectivity index (χ0v) is 10.6. The monoisotopic (exact) mass is 267 g/mol. The number of hydrogen-bond donors (Lipinski definition) is 3. The van der Waals surface area contributed by atoms with Gasteiger partial charge in [-0.2, -0.15) is 5.10 Å². The van der Waals surface area contributed by atoms with Crippen LogP contribution in [0.25, 0.3) is 16.6 Å². The summed E-state index contributed by atoms with van der Waals surface area (Å²) in [4.78, 5) is 11.3. The Labute approximate surface area is 114 Å². The van der Waals surface area contributed by atoms with Gasteiger partial charge in [-0.3, -0.25) is 4.79 Å². The SMILES string of the molecule is NC(=O)c1cnn2cc(-c3ccccc3N)cc2c1N. The van der Waals surface area contributed by atoms with E-state index in [1.165, 1.54) is 6.20 Å². The Morgan fingerprint density at radius 1 is 1.20 bits per heavy atom. The molecule has 0 atom stereocenters.